The molecule has 0 aliphatic carbocycles. The Bertz CT molecular complexity index is 958. The monoisotopic (exact) mass is 395 g/mol. The van der Waals surface area contributed by atoms with Gasteiger partial charge in [-0.15, -0.1) is 0 Å². The zero-order valence-electron chi connectivity index (χ0n) is 14.0. The molecule has 3 N–H and O–H groups in total. The smallest absolute Gasteiger partial charge is 0.268 e. The van der Waals surface area contributed by atoms with Crippen LogP contribution in [-0.4, -0.2) is 27.3 Å². The lowest BCUT2D eigenvalue weighted by molar-refractivity contribution is -0.114. The lowest BCUT2D eigenvalue weighted by Gasteiger charge is -2.08. The van der Waals surface area contributed by atoms with Crippen LogP contribution in [0.25, 0.3) is 0 Å². The number of amides is 1. The predicted octanol–water partition coefficient (Wildman–Crippen LogP) is 1.77. The van der Waals surface area contributed by atoms with E-state index in [4.69, 9.17) is 10.5 Å². The number of methoxy groups -OCH3 is 1. The summed E-state index contributed by atoms with van der Waals surface area (Å²) < 4.78 is 54.4. The molecule has 1 amide bonds. The van der Waals surface area contributed by atoms with Crippen LogP contribution in [0.15, 0.2) is 64.2 Å². The zero-order chi connectivity index (χ0) is 20.0. The Morgan fingerprint density at radius 2 is 1.74 bits per heavy atom. The number of nitrogens with two attached hydrogens (primary N) is 1. The molecule has 0 heterocycles. The summed E-state index contributed by atoms with van der Waals surface area (Å²) in [5.74, 6) is -3.30. The average molecular weight is 395 g/mol. The third-order valence-electron chi connectivity index (χ3n) is 3.30. The van der Waals surface area contributed by atoms with Crippen molar-refractivity contribution in [1.82, 2.24) is 0 Å². The zero-order valence-corrected chi connectivity index (χ0v) is 14.9. The van der Waals surface area contributed by atoms with Crippen molar-refractivity contribution in [1.29, 1.82) is 0 Å². The standard InChI is InChI=1S/C17H15F2N3O4S/c1-26-17(15-12(18)3-2-4-13(15)19)22-14(16(20)23)9-21-10-5-7-11(8-6-10)27(24)25/h2-9,21,27H,1H3,(H2,20,23)/b14-9+,22-17-. The maximum absolute atomic E-state index is 13.9. The minimum atomic E-state index is -2.71. The van der Waals surface area contributed by atoms with Crippen molar-refractivity contribution in [3.8, 4) is 0 Å². The number of ether oxygens (including phenoxy) is 1. The highest BCUT2D eigenvalue weighted by Gasteiger charge is 2.17. The van der Waals surface area contributed by atoms with Gasteiger partial charge in [0, 0.05) is 11.9 Å². The maximum Gasteiger partial charge on any atom is 0.268 e. The second kappa shape index (κ2) is 8.90. The van der Waals surface area contributed by atoms with E-state index in [1.165, 1.54) is 30.3 Å². The van der Waals surface area contributed by atoms with Gasteiger partial charge in [0.2, 0.25) is 5.90 Å². The second-order valence-corrected chi connectivity index (χ2v) is 6.09. The Kier molecular flexibility index (Phi) is 6.61. The number of benzene rings is 2. The number of carbonyl (C=O) groups is 1. The molecule has 10 heteroatoms. The second-order valence-electron chi connectivity index (χ2n) is 5.06. The first-order valence-electron chi connectivity index (χ1n) is 7.41. The van der Waals surface area contributed by atoms with E-state index in [2.05, 4.69) is 10.3 Å². The molecule has 0 bridgehead atoms. The van der Waals surface area contributed by atoms with E-state index in [9.17, 15) is 22.0 Å². The first kappa shape index (κ1) is 20.0. The summed E-state index contributed by atoms with van der Waals surface area (Å²) in [5, 5.41) is 2.69. The van der Waals surface area contributed by atoms with E-state index >= 15 is 0 Å². The lowest BCUT2D eigenvalue weighted by atomic mass is 10.2. The molecule has 0 aromatic heterocycles. The molecule has 0 aliphatic heterocycles. The van der Waals surface area contributed by atoms with Gasteiger partial charge >= 0.3 is 0 Å². The number of nitrogens with zero attached hydrogens (tertiary/aromatic N) is 1. The Labute approximate surface area is 155 Å². The third kappa shape index (κ3) is 5.11. The Morgan fingerprint density at radius 3 is 2.22 bits per heavy atom. The van der Waals surface area contributed by atoms with E-state index in [0.717, 1.165) is 25.4 Å². The number of rotatable bonds is 6. The Balaban J connectivity index is 2.36. The molecule has 0 aliphatic rings. The number of hydrogen-bond acceptors (Lipinski definition) is 6. The normalized spacial score (nSPS) is 12.1. The van der Waals surface area contributed by atoms with Crippen molar-refractivity contribution in [3.05, 3.63) is 71.6 Å². The van der Waals surface area contributed by atoms with Crippen LogP contribution >= 0.6 is 0 Å². The SMILES string of the molecule is CO/C(=N\C(=C\Nc1ccc([SH](=O)=O)cc1)C(N)=O)c1c(F)cccc1F. The number of aliphatic imine (C=N–C) groups is 1. The predicted molar refractivity (Wildman–Crippen MR) is 95.8 cm³/mol. The molecular formula is C17H15F2N3O4S. The van der Waals surface area contributed by atoms with Crippen LogP contribution in [0.3, 0.4) is 0 Å². The molecule has 0 saturated heterocycles. The van der Waals surface area contributed by atoms with Crippen molar-refractivity contribution < 1.29 is 26.7 Å². The van der Waals surface area contributed by atoms with Crippen molar-refractivity contribution in [3.63, 3.8) is 0 Å². The minimum Gasteiger partial charge on any atom is -0.480 e. The summed E-state index contributed by atoms with van der Waals surface area (Å²) in [6, 6.07) is 8.81. The lowest BCUT2D eigenvalue weighted by Crippen LogP contribution is -2.17. The first-order valence-corrected chi connectivity index (χ1v) is 8.59. The van der Waals surface area contributed by atoms with Crippen LogP contribution in [0, 0.1) is 11.6 Å². The summed E-state index contributed by atoms with van der Waals surface area (Å²) in [6.45, 7) is 0. The molecule has 142 valence electrons. The highest BCUT2D eigenvalue weighted by molar-refractivity contribution is 7.72. The number of primary amides is 1. The summed E-state index contributed by atoms with van der Waals surface area (Å²) in [4.78, 5) is 15.5. The van der Waals surface area contributed by atoms with Gasteiger partial charge in [-0.1, -0.05) is 6.07 Å². The molecule has 0 saturated carbocycles. The van der Waals surface area contributed by atoms with Crippen LogP contribution in [0.1, 0.15) is 5.56 Å². The van der Waals surface area contributed by atoms with Crippen molar-refractivity contribution in [2.45, 2.75) is 4.90 Å². The van der Waals surface area contributed by atoms with E-state index in [-0.39, 0.29) is 10.6 Å². The topological polar surface area (TPSA) is 111 Å². The number of hydrogen-bond donors (Lipinski definition) is 3. The maximum atomic E-state index is 13.9. The van der Waals surface area contributed by atoms with Crippen molar-refractivity contribution >= 4 is 28.2 Å². The van der Waals surface area contributed by atoms with Crippen LogP contribution in [-0.2, 0) is 20.2 Å². The van der Waals surface area contributed by atoms with E-state index in [1.54, 1.807) is 0 Å². The quantitative estimate of drug-likeness (QED) is 0.299. The first-order chi connectivity index (χ1) is 12.8. The molecule has 0 fully saturated rings. The number of halogens is 2. The molecule has 2 aromatic carbocycles. The number of nitrogens with one attached hydrogen (secondary N) is 1. The molecule has 0 atom stereocenters. The third-order valence-corrected chi connectivity index (χ3v) is 4.02. The van der Waals surface area contributed by atoms with E-state index in [1.807, 2.05) is 0 Å². The molecular weight excluding hydrogens is 380 g/mol. The molecule has 0 spiro atoms. The summed E-state index contributed by atoms with van der Waals surface area (Å²) >= 11 is 0. The summed E-state index contributed by atoms with van der Waals surface area (Å²) in [6.07, 6.45) is 1.10. The van der Waals surface area contributed by atoms with Crippen LogP contribution in [0.5, 0.6) is 0 Å². The van der Waals surface area contributed by atoms with Gasteiger partial charge in [0.25, 0.3) is 5.91 Å². The molecule has 0 radical (unpaired) electrons. The fourth-order valence-electron chi connectivity index (χ4n) is 2.00. The molecule has 0 unspecified atom stereocenters. The van der Waals surface area contributed by atoms with Gasteiger partial charge in [0.05, 0.1) is 12.0 Å². The van der Waals surface area contributed by atoms with Crippen LogP contribution in [0.4, 0.5) is 14.5 Å². The fourth-order valence-corrected chi connectivity index (χ4v) is 2.40. The number of carbonyl (C=O) groups excluding carboxylic acids is 1. The highest BCUT2D eigenvalue weighted by atomic mass is 32.2. The van der Waals surface area contributed by atoms with Gasteiger partial charge in [-0.2, -0.15) is 0 Å². The van der Waals surface area contributed by atoms with Gasteiger partial charge in [-0.05, 0) is 36.4 Å². The van der Waals surface area contributed by atoms with Crippen LogP contribution in [0.2, 0.25) is 0 Å². The highest BCUT2D eigenvalue weighted by Crippen LogP contribution is 2.16. The number of thiol groups is 1. The van der Waals surface area contributed by atoms with Gasteiger partial charge in [-0.25, -0.2) is 22.2 Å². The molecule has 2 aromatic rings. The van der Waals surface area contributed by atoms with Crippen molar-refractivity contribution in [2.24, 2.45) is 10.7 Å². The fraction of sp³-hybridized carbons (Fsp3) is 0.0588. The minimum absolute atomic E-state index is 0.115. The van der Waals surface area contributed by atoms with Gasteiger partial charge in [0.15, 0.2) is 10.7 Å². The van der Waals surface area contributed by atoms with Crippen LogP contribution < -0.4 is 11.1 Å². The Hall–Kier alpha value is -3.27. The molecule has 2 rings (SSSR count). The van der Waals surface area contributed by atoms with Crippen molar-refractivity contribution in [2.75, 3.05) is 12.4 Å². The van der Waals surface area contributed by atoms with Gasteiger partial charge < -0.3 is 15.8 Å². The van der Waals surface area contributed by atoms with Gasteiger partial charge in [0.1, 0.15) is 22.9 Å². The molecule has 27 heavy (non-hydrogen) atoms. The molecule has 7 nitrogen and oxygen atoms in total. The van der Waals surface area contributed by atoms with E-state index < -0.39 is 39.7 Å². The average Bonchev–Trinajstić information content (AvgIpc) is 2.63. The summed E-state index contributed by atoms with van der Waals surface area (Å²) in [7, 11) is -1.57. The Morgan fingerprint density at radius 1 is 1.15 bits per heavy atom. The van der Waals surface area contributed by atoms with Gasteiger partial charge in [-0.3, -0.25) is 4.79 Å². The summed E-state index contributed by atoms with van der Waals surface area (Å²) in [5.41, 5.74) is 4.76. The van der Waals surface area contributed by atoms with E-state index in [0.29, 0.717) is 5.69 Å². The largest absolute Gasteiger partial charge is 0.480 e. The number of anilines is 1.